The Morgan fingerprint density at radius 1 is 1.60 bits per heavy atom. The summed E-state index contributed by atoms with van der Waals surface area (Å²) >= 11 is 0. The predicted molar refractivity (Wildman–Crippen MR) is 56.4 cm³/mol. The van der Waals surface area contributed by atoms with Gasteiger partial charge in [-0.25, -0.2) is 0 Å². The highest BCUT2D eigenvalue weighted by atomic mass is 16.5. The number of hydrogen-bond donors (Lipinski definition) is 1. The fraction of sp³-hybridized carbons (Fsp3) is 0.636. The first-order valence-corrected chi connectivity index (χ1v) is 5.04. The van der Waals surface area contributed by atoms with Gasteiger partial charge in [-0.05, 0) is 12.8 Å². The number of carbonyl (C=O) groups excluding carboxylic acids is 2. The van der Waals surface area contributed by atoms with E-state index in [2.05, 4.69) is 11.9 Å². The number of methoxy groups -OCH3 is 1. The Balaban J connectivity index is 2.73. The number of hydrogen-bond acceptors (Lipinski definition) is 3. The standard InChI is InChI=1S/C11H17NO3/c1-3-4-11(5-6-15-2)8-9(13)7-10(14)12-11/h3H,1,4-8H2,2H3,(H,12,14)/t11-/m0/s1. The van der Waals surface area contributed by atoms with Crippen molar-refractivity contribution in [2.45, 2.75) is 31.2 Å². The van der Waals surface area contributed by atoms with Crippen molar-refractivity contribution >= 4 is 11.7 Å². The van der Waals surface area contributed by atoms with Crippen molar-refractivity contribution in [2.24, 2.45) is 0 Å². The number of amides is 1. The molecule has 0 aromatic heterocycles. The Hall–Kier alpha value is -1.16. The average Bonchev–Trinajstić information content (AvgIpc) is 2.13. The van der Waals surface area contributed by atoms with Gasteiger partial charge in [0.05, 0.1) is 12.0 Å². The summed E-state index contributed by atoms with van der Waals surface area (Å²) in [7, 11) is 1.61. The molecule has 1 heterocycles. The zero-order valence-electron chi connectivity index (χ0n) is 9.04. The van der Waals surface area contributed by atoms with Gasteiger partial charge >= 0.3 is 0 Å². The lowest BCUT2D eigenvalue weighted by molar-refractivity contribution is -0.134. The van der Waals surface area contributed by atoms with Crippen LogP contribution in [0.25, 0.3) is 0 Å². The van der Waals surface area contributed by atoms with Gasteiger partial charge in [-0.2, -0.15) is 0 Å². The number of ether oxygens (including phenoxy) is 1. The Bertz CT molecular complexity index is 257. The minimum absolute atomic E-state index is 0.00305. The zero-order chi connectivity index (χ0) is 11.3. The molecule has 0 bridgehead atoms. The molecule has 84 valence electrons. The third-order valence-electron chi connectivity index (χ3n) is 2.62. The lowest BCUT2D eigenvalue weighted by atomic mass is 9.82. The Kier molecular flexibility index (Phi) is 4.03. The Labute approximate surface area is 89.7 Å². The van der Waals surface area contributed by atoms with Crippen molar-refractivity contribution < 1.29 is 14.3 Å². The van der Waals surface area contributed by atoms with Crippen LogP contribution >= 0.6 is 0 Å². The topological polar surface area (TPSA) is 55.4 Å². The summed E-state index contributed by atoms with van der Waals surface area (Å²) in [5, 5.41) is 2.88. The van der Waals surface area contributed by atoms with Crippen LogP contribution in [0.4, 0.5) is 0 Å². The maximum absolute atomic E-state index is 11.4. The Morgan fingerprint density at radius 2 is 2.33 bits per heavy atom. The third kappa shape index (κ3) is 3.16. The van der Waals surface area contributed by atoms with E-state index < -0.39 is 5.54 Å². The lowest BCUT2D eigenvalue weighted by Crippen LogP contribution is -2.54. The smallest absolute Gasteiger partial charge is 0.227 e. The minimum atomic E-state index is -0.468. The van der Waals surface area contributed by atoms with E-state index in [1.165, 1.54) is 0 Å². The number of nitrogens with one attached hydrogen (secondary N) is 1. The van der Waals surface area contributed by atoms with E-state index in [9.17, 15) is 9.59 Å². The summed E-state index contributed by atoms with van der Waals surface area (Å²) in [5.74, 6) is -0.194. The van der Waals surface area contributed by atoms with Crippen LogP contribution in [0.3, 0.4) is 0 Å². The van der Waals surface area contributed by atoms with E-state index in [1.54, 1.807) is 13.2 Å². The highest BCUT2D eigenvalue weighted by Crippen LogP contribution is 2.25. The van der Waals surface area contributed by atoms with Crippen LogP contribution in [-0.2, 0) is 14.3 Å². The van der Waals surface area contributed by atoms with Crippen LogP contribution in [0, 0.1) is 0 Å². The van der Waals surface area contributed by atoms with Crippen LogP contribution in [0.15, 0.2) is 12.7 Å². The molecular weight excluding hydrogens is 194 g/mol. The van der Waals surface area contributed by atoms with E-state index >= 15 is 0 Å². The molecule has 0 aliphatic carbocycles. The molecule has 15 heavy (non-hydrogen) atoms. The molecule has 0 spiro atoms. The average molecular weight is 211 g/mol. The van der Waals surface area contributed by atoms with Crippen LogP contribution in [0.2, 0.25) is 0 Å². The van der Waals surface area contributed by atoms with Gasteiger partial charge in [0.2, 0.25) is 5.91 Å². The molecule has 0 saturated carbocycles. The van der Waals surface area contributed by atoms with Crippen molar-refractivity contribution in [3.63, 3.8) is 0 Å². The molecule has 1 amide bonds. The first-order chi connectivity index (χ1) is 7.12. The van der Waals surface area contributed by atoms with Crippen LogP contribution in [0.5, 0.6) is 0 Å². The van der Waals surface area contributed by atoms with E-state index in [4.69, 9.17) is 4.74 Å². The SMILES string of the molecule is C=CC[C@]1(CCOC)CC(=O)CC(=O)N1. The monoisotopic (exact) mass is 211 g/mol. The largest absolute Gasteiger partial charge is 0.385 e. The zero-order valence-corrected chi connectivity index (χ0v) is 9.04. The summed E-state index contributed by atoms with van der Waals surface area (Å²) in [6, 6.07) is 0. The minimum Gasteiger partial charge on any atom is -0.385 e. The molecule has 1 atom stereocenters. The van der Waals surface area contributed by atoms with Gasteiger partial charge in [0.25, 0.3) is 0 Å². The van der Waals surface area contributed by atoms with Gasteiger partial charge in [-0.15, -0.1) is 6.58 Å². The van der Waals surface area contributed by atoms with Crippen molar-refractivity contribution in [3.05, 3.63) is 12.7 Å². The number of carbonyl (C=O) groups is 2. The molecule has 1 saturated heterocycles. The number of piperidine rings is 1. The van der Waals surface area contributed by atoms with Gasteiger partial charge in [-0.1, -0.05) is 6.08 Å². The second kappa shape index (κ2) is 5.07. The maximum atomic E-state index is 11.4. The van der Waals surface area contributed by atoms with E-state index in [-0.39, 0.29) is 18.1 Å². The highest BCUT2D eigenvalue weighted by Gasteiger charge is 2.37. The summed E-state index contributed by atoms with van der Waals surface area (Å²) in [6.45, 7) is 4.18. The number of Topliss-reactive ketones (excluding diaryl/α,β-unsaturated/α-hetero) is 1. The summed E-state index contributed by atoms with van der Waals surface area (Å²) in [5.41, 5.74) is -0.468. The highest BCUT2D eigenvalue weighted by molar-refractivity contribution is 6.01. The van der Waals surface area contributed by atoms with Crippen molar-refractivity contribution in [2.75, 3.05) is 13.7 Å². The van der Waals surface area contributed by atoms with Crippen molar-refractivity contribution in [1.29, 1.82) is 0 Å². The van der Waals surface area contributed by atoms with Crippen LogP contribution in [0.1, 0.15) is 25.7 Å². The van der Waals surface area contributed by atoms with Crippen molar-refractivity contribution in [3.8, 4) is 0 Å². The molecule has 1 fully saturated rings. The molecular formula is C11H17NO3. The van der Waals surface area contributed by atoms with Gasteiger partial charge in [0.15, 0.2) is 0 Å². The molecule has 0 unspecified atom stereocenters. The molecule has 0 aromatic rings. The number of rotatable bonds is 5. The second-order valence-electron chi connectivity index (χ2n) is 3.96. The predicted octanol–water partition coefficient (Wildman–Crippen LogP) is 0.817. The van der Waals surface area contributed by atoms with E-state index in [0.717, 1.165) is 0 Å². The summed E-state index contributed by atoms with van der Waals surface area (Å²) in [6.07, 6.45) is 3.37. The summed E-state index contributed by atoms with van der Waals surface area (Å²) < 4.78 is 4.99. The van der Waals surface area contributed by atoms with Crippen molar-refractivity contribution in [1.82, 2.24) is 5.32 Å². The van der Waals surface area contributed by atoms with Crippen LogP contribution < -0.4 is 5.32 Å². The fourth-order valence-corrected chi connectivity index (χ4v) is 1.95. The quantitative estimate of drug-likeness (QED) is 0.541. The molecule has 1 N–H and O–H groups in total. The van der Waals surface area contributed by atoms with E-state index in [0.29, 0.717) is 25.9 Å². The molecule has 4 heteroatoms. The van der Waals surface area contributed by atoms with Gasteiger partial charge in [-0.3, -0.25) is 9.59 Å². The normalized spacial score (nSPS) is 26.2. The first kappa shape index (κ1) is 11.9. The second-order valence-corrected chi connectivity index (χ2v) is 3.96. The molecule has 0 radical (unpaired) electrons. The van der Waals surface area contributed by atoms with E-state index in [1.807, 2.05) is 0 Å². The Morgan fingerprint density at radius 3 is 2.87 bits per heavy atom. The molecule has 1 aliphatic heterocycles. The van der Waals surface area contributed by atoms with Crippen LogP contribution in [-0.4, -0.2) is 30.9 Å². The number of ketones is 1. The van der Waals surface area contributed by atoms with Gasteiger partial charge < -0.3 is 10.1 Å². The maximum Gasteiger partial charge on any atom is 0.227 e. The first-order valence-electron chi connectivity index (χ1n) is 5.04. The van der Waals surface area contributed by atoms with Gasteiger partial charge in [0, 0.05) is 20.1 Å². The third-order valence-corrected chi connectivity index (χ3v) is 2.62. The van der Waals surface area contributed by atoms with Gasteiger partial charge in [0.1, 0.15) is 5.78 Å². The summed E-state index contributed by atoms with van der Waals surface area (Å²) in [4.78, 5) is 22.7. The molecule has 1 rings (SSSR count). The molecule has 4 nitrogen and oxygen atoms in total. The molecule has 1 aliphatic rings. The molecule has 0 aromatic carbocycles. The fourth-order valence-electron chi connectivity index (χ4n) is 1.95. The lowest BCUT2D eigenvalue weighted by Gasteiger charge is -2.36.